The van der Waals surface area contributed by atoms with Crippen LogP contribution in [0.15, 0.2) is 18.2 Å². The lowest BCUT2D eigenvalue weighted by molar-refractivity contribution is -0.122. The highest BCUT2D eigenvalue weighted by atomic mass is 35.5. The Balaban J connectivity index is 2.74. The van der Waals surface area contributed by atoms with Crippen LogP contribution in [-0.4, -0.2) is 15.5 Å². The number of fused-ring (bicyclic) bond motifs is 1. The minimum atomic E-state index is -0.597. The number of carbonyl (C=O) groups is 1. The molecule has 0 radical (unpaired) electrons. The molecule has 1 amide bonds. The van der Waals surface area contributed by atoms with Crippen molar-refractivity contribution in [2.75, 3.05) is 0 Å². The van der Waals surface area contributed by atoms with Crippen molar-refractivity contribution in [1.29, 1.82) is 0 Å². The fraction of sp³-hybridized carbons (Fsp3) is 0.385. The first-order valence-electron chi connectivity index (χ1n) is 5.97. The lowest BCUT2D eigenvalue weighted by Gasteiger charge is -2.21. The number of alkyl halides is 1. The van der Waals surface area contributed by atoms with Crippen LogP contribution in [0.4, 0.5) is 4.39 Å². The minimum Gasteiger partial charge on any atom is -0.368 e. The van der Waals surface area contributed by atoms with Crippen LogP contribution >= 0.6 is 11.6 Å². The number of carbonyl (C=O) groups excluding carboxylic acids is 1. The van der Waals surface area contributed by atoms with Crippen molar-refractivity contribution in [2.24, 2.45) is 11.7 Å². The summed E-state index contributed by atoms with van der Waals surface area (Å²) in [4.78, 5) is 16.0. The summed E-state index contributed by atoms with van der Waals surface area (Å²) in [5.74, 6) is -0.265. The second-order valence-corrected chi connectivity index (χ2v) is 5.02. The maximum Gasteiger partial charge on any atom is 0.240 e. The highest BCUT2D eigenvalue weighted by molar-refractivity contribution is 6.17. The standard InChI is InChI=1S/C13H15ClFN3O/c1-7(2)12(13(16)19)18-10-5-8(15)3-4-9(10)17-11(18)6-14/h3-5,7,12H,6H2,1-2H3,(H2,16,19). The second kappa shape index (κ2) is 5.17. The number of hydrogen-bond acceptors (Lipinski definition) is 2. The number of benzene rings is 1. The first kappa shape index (κ1) is 13.8. The van der Waals surface area contributed by atoms with Crippen LogP contribution in [0.25, 0.3) is 11.0 Å². The molecule has 2 aromatic rings. The Morgan fingerprint density at radius 3 is 2.74 bits per heavy atom. The fourth-order valence-corrected chi connectivity index (χ4v) is 2.46. The SMILES string of the molecule is CC(C)C(C(N)=O)n1c(CCl)nc2ccc(F)cc21. The molecule has 19 heavy (non-hydrogen) atoms. The number of amides is 1. The summed E-state index contributed by atoms with van der Waals surface area (Å²) >= 11 is 5.87. The average Bonchev–Trinajstić information content (AvgIpc) is 2.67. The summed E-state index contributed by atoms with van der Waals surface area (Å²) in [6.07, 6.45) is 0. The number of nitrogens with zero attached hydrogens (tertiary/aromatic N) is 2. The second-order valence-electron chi connectivity index (χ2n) is 4.76. The molecule has 0 saturated heterocycles. The summed E-state index contributed by atoms with van der Waals surface area (Å²) in [7, 11) is 0. The minimum absolute atomic E-state index is 0.0415. The van der Waals surface area contributed by atoms with E-state index in [0.717, 1.165) is 0 Å². The first-order chi connectivity index (χ1) is 8.95. The lowest BCUT2D eigenvalue weighted by Crippen LogP contribution is -2.31. The van der Waals surface area contributed by atoms with Crippen molar-refractivity contribution in [2.45, 2.75) is 25.8 Å². The molecule has 4 nitrogen and oxygen atoms in total. The van der Waals surface area contributed by atoms with Crippen LogP contribution in [0.1, 0.15) is 25.7 Å². The first-order valence-corrected chi connectivity index (χ1v) is 6.50. The number of nitrogens with two attached hydrogens (primary N) is 1. The number of halogens is 2. The number of hydrogen-bond donors (Lipinski definition) is 1. The molecule has 0 saturated carbocycles. The van der Waals surface area contributed by atoms with Crippen LogP contribution in [0, 0.1) is 11.7 Å². The molecule has 6 heteroatoms. The molecule has 0 spiro atoms. The van der Waals surface area contributed by atoms with Gasteiger partial charge in [0.25, 0.3) is 0 Å². The smallest absolute Gasteiger partial charge is 0.240 e. The number of rotatable bonds is 4. The Morgan fingerprint density at radius 2 is 2.21 bits per heavy atom. The van der Waals surface area contributed by atoms with Gasteiger partial charge in [0.05, 0.1) is 16.9 Å². The normalized spacial score (nSPS) is 13.1. The summed E-state index contributed by atoms with van der Waals surface area (Å²) < 4.78 is 15.0. The largest absolute Gasteiger partial charge is 0.368 e. The van der Waals surface area contributed by atoms with E-state index < -0.39 is 11.9 Å². The summed E-state index contributed by atoms with van der Waals surface area (Å²) in [6.45, 7) is 3.75. The average molecular weight is 284 g/mol. The Morgan fingerprint density at radius 1 is 1.53 bits per heavy atom. The Kier molecular flexibility index (Phi) is 3.75. The molecule has 2 N–H and O–H groups in total. The summed E-state index contributed by atoms with van der Waals surface area (Å²) in [5, 5.41) is 0. The van der Waals surface area contributed by atoms with E-state index in [1.54, 1.807) is 10.6 Å². The molecule has 1 aromatic heterocycles. The molecule has 0 aliphatic rings. The van der Waals surface area contributed by atoms with Gasteiger partial charge in [0.1, 0.15) is 17.7 Å². The van der Waals surface area contributed by atoms with E-state index in [4.69, 9.17) is 17.3 Å². The van der Waals surface area contributed by atoms with Crippen LogP contribution in [0.2, 0.25) is 0 Å². The van der Waals surface area contributed by atoms with Crippen molar-refractivity contribution in [3.8, 4) is 0 Å². The molecule has 2 rings (SSSR count). The number of aromatic nitrogens is 2. The molecule has 0 bridgehead atoms. The molecule has 1 unspecified atom stereocenters. The van der Waals surface area contributed by atoms with Gasteiger partial charge in [-0.2, -0.15) is 0 Å². The highest BCUT2D eigenvalue weighted by Crippen LogP contribution is 2.27. The van der Waals surface area contributed by atoms with Gasteiger partial charge in [0.2, 0.25) is 5.91 Å². The van der Waals surface area contributed by atoms with E-state index >= 15 is 0 Å². The molecule has 1 aromatic carbocycles. The molecule has 1 atom stereocenters. The molecule has 0 fully saturated rings. The molecule has 0 aliphatic carbocycles. The van der Waals surface area contributed by atoms with Gasteiger partial charge in [-0.05, 0) is 24.1 Å². The zero-order valence-corrected chi connectivity index (χ0v) is 11.5. The fourth-order valence-electron chi connectivity index (χ4n) is 2.27. The number of primary amides is 1. The molecule has 102 valence electrons. The third-order valence-electron chi connectivity index (χ3n) is 3.05. The van der Waals surface area contributed by atoms with E-state index in [2.05, 4.69) is 4.98 Å². The third-order valence-corrected chi connectivity index (χ3v) is 3.28. The molecular weight excluding hydrogens is 269 g/mol. The maximum absolute atomic E-state index is 13.4. The summed E-state index contributed by atoms with van der Waals surface area (Å²) in [5.41, 5.74) is 6.59. The van der Waals surface area contributed by atoms with Gasteiger partial charge < -0.3 is 10.3 Å². The van der Waals surface area contributed by atoms with Crippen molar-refractivity contribution in [1.82, 2.24) is 9.55 Å². The van der Waals surface area contributed by atoms with Crippen LogP contribution in [0.5, 0.6) is 0 Å². The third kappa shape index (κ3) is 2.42. The zero-order valence-electron chi connectivity index (χ0n) is 10.7. The van der Waals surface area contributed by atoms with Crippen LogP contribution in [0.3, 0.4) is 0 Å². The number of imidazole rings is 1. The highest BCUT2D eigenvalue weighted by Gasteiger charge is 2.26. The zero-order chi connectivity index (χ0) is 14.2. The predicted molar refractivity (Wildman–Crippen MR) is 72.3 cm³/mol. The van der Waals surface area contributed by atoms with Crippen LogP contribution < -0.4 is 5.73 Å². The van der Waals surface area contributed by atoms with E-state index in [-0.39, 0.29) is 17.6 Å². The molecular formula is C13H15ClFN3O. The van der Waals surface area contributed by atoms with E-state index in [9.17, 15) is 9.18 Å². The van der Waals surface area contributed by atoms with Gasteiger partial charge in [-0.25, -0.2) is 9.37 Å². The van der Waals surface area contributed by atoms with E-state index in [1.165, 1.54) is 12.1 Å². The van der Waals surface area contributed by atoms with Gasteiger partial charge in [-0.1, -0.05) is 13.8 Å². The van der Waals surface area contributed by atoms with Crippen molar-refractivity contribution < 1.29 is 9.18 Å². The van der Waals surface area contributed by atoms with Gasteiger partial charge in [-0.3, -0.25) is 4.79 Å². The van der Waals surface area contributed by atoms with Crippen molar-refractivity contribution >= 4 is 28.5 Å². The van der Waals surface area contributed by atoms with Gasteiger partial charge in [0.15, 0.2) is 0 Å². The topological polar surface area (TPSA) is 60.9 Å². The molecule has 1 heterocycles. The molecule has 0 aliphatic heterocycles. The quantitative estimate of drug-likeness (QED) is 0.877. The van der Waals surface area contributed by atoms with Crippen LogP contribution in [-0.2, 0) is 10.7 Å². The predicted octanol–water partition coefficient (Wildman–Crippen LogP) is 2.60. The lowest BCUT2D eigenvalue weighted by atomic mass is 10.0. The van der Waals surface area contributed by atoms with E-state index in [1.807, 2.05) is 13.8 Å². The maximum atomic E-state index is 13.4. The van der Waals surface area contributed by atoms with Gasteiger partial charge in [-0.15, -0.1) is 11.6 Å². The van der Waals surface area contributed by atoms with Crippen molar-refractivity contribution in [3.05, 3.63) is 29.8 Å². The van der Waals surface area contributed by atoms with Gasteiger partial charge in [0, 0.05) is 0 Å². The Labute approximate surface area is 115 Å². The van der Waals surface area contributed by atoms with Crippen molar-refractivity contribution in [3.63, 3.8) is 0 Å². The Hall–Kier alpha value is -1.62. The van der Waals surface area contributed by atoms with Gasteiger partial charge >= 0.3 is 0 Å². The summed E-state index contributed by atoms with van der Waals surface area (Å²) in [6, 6.07) is 3.64. The van der Waals surface area contributed by atoms with E-state index in [0.29, 0.717) is 16.9 Å². The Bertz CT molecular complexity index is 624. The monoisotopic (exact) mass is 283 g/mol.